The molecule has 0 radical (unpaired) electrons. The van der Waals surface area contributed by atoms with Crippen LogP contribution in [0.3, 0.4) is 0 Å². The summed E-state index contributed by atoms with van der Waals surface area (Å²) in [5.41, 5.74) is 3.01. The number of aromatic nitrogens is 1. The lowest BCUT2D eigenvalue weighted by molar-refractivity contribution is -0.123. The van der Waals surface area contributed by atoms with Crippen LogP contribution in [-0.2, 0) is 4.79 Å². The first-order valence-corrected chi connectivity index (χ1v) is 13.0. The average molecular weight is 489 g/mol. The third-order valence-electron chi connectivity index (χ3n) is 7.50. The van der Waals surface area contributed by atoms with Crippen LogP contribution in [0.1, 0.15) is 53.2 Å². The van der Waals surface area contributed by atoms with Crippen LogP contribution in [-0.4, -0.2) is 72.1 Å². The van der Waals surface area contributed by atoms with E-state index in [0.29, 0.717) is 12.1 Å². The van der Waals surface area contributed by atoms with E-state index in [4.69, 9.17) is 5.84 Å². The molecule has 1 fully saturated rings. The van der Waals surface area contributed by atoms with Crippen LogP contribution in [0.15, 0.2) is 54.7 Å². The second-order valence-electron chi connectivity index (χ2n) is 9.85. The quantitative estimate of drug-likeness (QED) is 0.334. The Labute approximate surface area is 212 Å². The molecule has 2 atom stereocenters. The first kappa shape index (κ1) is 24.3. The summed E-state index contributed by atoms with van der Waals surface area (Å²) in [5.74, 6) is 5.44. The van der Waals surface area contributed by atoms with Gasteiger partial charge in [-0.15, -0.1) is 0 Å². The standard InChI is InChI=1S/C28H36N6O2/c1-2-13-32-15-17-33(18-16-32)14-7-12-30-28(36)25-21-9-3-4-10-22(21)27(35)31-26(25)23-19-34(29)24-11-6-5-8-20(23)24/h3-6,8-11,19,25-26H,2,7,12-18,29H2,1H3,(H,30,36)(H,31,35). The molecule has 2 aromatic carbocycles. The second-order valence-corrected chi connectivity index (χ2v) is 9.85. The van der Waals surface area contributed by atoms with Crippen LogP contribution in [0.2, 0.25) is 0 Å². The monoisotopic (exact) mass is 488 g/mol. The predicted octanol–water partition coefficient (Wildman–Crippen LogP) is 2.46. The maximum Gasteiger partial charge on any atom is 0.252 e. The molecule has 36 heavy (non-hydrogen) atoms. The number of fused-ring (bicyclic) bond motifs is 2. The molecule has 0 saturated carbocycles. The molecule has 8 heteroatoms. The van der Waals surface area contributed by atoms with Crippen LogP contribution >= 0.6 is 0 Å². The van der Waals surface area contributed by atoms with E-state index in [9.17, 15) is 9.59 Å². The summed E-state index contributed by atoms with van der Waals surface area (Å²) in [5, 5.41) is 7.20. The molecule has 2 unspecified atom stereocenters. The van der Waals surface area contributed by atoms with E-state index in [1.54, 1.807) is 10.7 Å². The van der Waals surface area contributed by atoms with Crippen molar-refractivity contribution >= 4 is 22.7 Å². The van der Waals surface area contributed by atoms with Gasteiger partial charge in [0.2, 0.25) is 5.91 Å². The molecule has 8 nitrogen and oxygen atoms in total. The first-order chi connectivity index (χ1) is 17.6. The largest absolute Gasteiger partial charge is 0.355 e. The number of nitrogens with two attached hydrogens (primary N) is 1. The van der Waals surface area contributed by atoms with Gasteiger partial charge in [0.05, 0.1) is 17.5 Å². The third kappa shape index (κ3) is 4.83. The first-order valence-electron chi connectivity index (χ1n) is 13.0. The van der Waals surface area contributed by atoms with Crippen molar-refractivity contribution in [1.29, 1.82) is 0 Å². The van der Waals surface area contributed by atoms with Crippen LogP contribution in [0, 0.1) is 0 Å². The number of nitrogen functional groups attached to an aromatic ring is 1. The van der Waals surface area contributed by atoms with Gasteiger partial charge in [-0.2, -0.15) is 0 Å². The van der Waals surface area contributed by atoms with Crippen LogP contribution in [0.25, 0.3) is 10.9 Å². The Hall–Kier alpha value is -3.36. The molecular formula is C28H36N6O2. The van der Waals surface area contributed by atoms with E-state index >= 15 is 0 Å². The van der Waals surface area contributed by atoms with Gasteiger partial charge < -0.3 is 26.3 Å². The van der Waals surface area contributed by atoms with E-state index in [1.807, 2.05) is 48.7 Å². The highest BCUT2D eigenvalue weighted by atomic mass is 16.2. The van der Waals surface area contributed by atoms with Crippen molar-refractivity contribution < 1.29 is 9.59 Å². The number of amides is 2. The third-order valence-corrected chi connectivity index (χ3v) is 7.50. The van der Waals surface area contributed by atoms with Gasteiger partial charge >= 0.3 is 0 Å². The van der Waals surface area contributed by atoms with Gasteiger partial charge in [-0.05, 0) is 43.6 Å². The molecule has 2 amide bonds. The highest BCUT2D eigenvalue weighted by Crippen LogP contribution is 2.40. The molecule has 0 aliphatic carbocycles. The van der Waals surface area contributed by atoms with Crippen molar-refractivity contribution in [1.82, 2.24) is 25.1 Å². The Bertz CT molecular complexity index is 1230. The number of nitrogens with zero attached hydrogens (tertiary/aromatic N) is 3. The van der Waals surface area contributed by atoms with Crippen molar-refractivity contribution in [2.45, 2.75) is 31.7 Å². The van der Waals surface area contributed by atoms with Gasteiger partial charge in [0.15, 0.2) is 0 Å². The lowest BCUT2D eigenvalue weighted by Crippen LogP contribution is -2.47. The Morgan fingerprint density at radius 1 is 1.00 bits per heavy atom. The number of nitrogens with one attached hydrogen (secondary N) is 2. The van der Waals surface area contributed by atoms with Crippen LogP contribution in [0.5, 0.6) is 0 Å². The zero-order chi connectivity index (χ0) is 25.1. The Kier molecular flexibility index (Phi) is 7.25. The lowest BCUT2D eigenvalue weighted by atomic mass is 9.80. The Morgan fingerprint density at radius 2 is 1.69 bits per heavy atom. The lowest BCUT2D eigenvalue weighted by Gasteiger charge is -2.35. The topological polar surface area (TPSA) is 95.6 Å². The SMILES string of the molecule is CCCN1CCN(CCCNC(=O)C2c3ccccc3C(=O)NC2c2cn(N)c3ccccc23)CC1. The highest BCUT2D eigenvalue weighted by Gasteiger charge is 2.40. The summed E-state index contributed by atoms with van der Waals surface area (Å²) < 4.78 is 1.56. The minimum atomic E-state index is -0.540. The number of rotatable bonds is 8. The molecule has 3 aromatic rings. The molecule has 2 aliphatic rings. The molecular weight excluding hydrogens is 452 g/mol. The van der Waals surface area contributed by atoms with E-state index in [0.717, 1.165) is 61.2 Å². The Morgan fingerprint density at radius 3 is 2.47 bits per heavy atom. The van der Waals surface area contributed by atoms with Crippen molar-refractivity contribution in [3.8, 4) is 0 Å². The predicted molar refractivity (Wildman–Crippen MR) is 142 cm³/mol. The minimum Gasteiger partial charge on any atom is -0.355 e. The van der Waals surface area contributed by atoms with Crippen molar-refractivity contribution in [2.24, 2.45) is 0 Å². The number of para-hydroxylation sites is 1. The molecule has 3 heterocycles. The number of carbonyl (C=O) groups excluding carboxylic acids is 2. The number of carbonyl (C=O) groups is 2. The van der Waals surface area contributed by atoms with Gasteiger partial charge in [0.25, 0.3) is 5.91 Å². The minimum absolute atomic E-state index is 0.0749. The zero-order valence-corrected chi connectivity index (χ0v) is 21.0. The van der Waals surface area contributed by atoms with Crippen LogP contribution < -0.4 is 16.5 Å². The molecule has 4 N–H and O–H groups in total. The van der Waals surface area contributed by atoms with Gasteiger partial charge in [-0.25, -0.2) is 0 Å². The van der Waals surface area contributed by atoms with E-state index in [-0.39, 0.29) is 11.8 Å². The smallest absolute Gasteiger partial charge is 0.252 e. The molecule has 190 valence electrons. The number of hydrogen-bond donors (Lipinski definition) is 3. The van der Waals surface area contributed by atoms with E-state index < -0.39 is 12.0 Å². The molecule has 1 aromatic heterocycles. The summed E-state index contributed by atoms with van der Waals surface area (Å²) in [4.78, 5) is 31.6. The fourth-order valence-electron chi connectivity index (χ4n) is 5.66. The second kappa shape index (κ2) is 10.7. The number of piperazine rings is 1. The van der Waals surface area contributed by atoms with Gasteiger partial charge in [0, 0.05) is 55.4 Å². The molecule has 1 saturated heterocycles. The van der Waals surface area contributed by atoms with Crippen molar-refractivity contribution in [2.75, 3.05) is 51.7 Å². The van der Waals surface area contributed by atoms with Gasteiger partial charge in [-0.1, -0.05) is 43.3 Å². The maximum absolute atomic E-state index is 13.6. The Balaban J connectivity index is 1.30. The zero-order valence-electron chi connectivity index (χ0n) is 21.0. The van der Waals surface area contributed by atoms with Crippen LogP contribution in [0.4, 0.5) is 0 Å². The molecule has 0 bridgehead atoms. The normalized spacial score (nSPS) is 20.8. The summed E-state index contributed by atoms with van der Waals surface area (Å²) in [6, 6.07) is 14.7. The fourth-order valence-corrected chi connectivity index (χ4v) is 5.66. The summed E-state index contributed by atoms with van der Waals surface area (Å²) in [6.45, 7) is 9.39. The van der Waals surface area contributed by atoms with Gasteiger partial charge in [-0.3, -0.25) is 14.3 Å². The summed E-state index contributed by atoms with van der Waals surface area (Å²) in [7, 11) is 0. The van der Waals surface area contributed by atoms with Gasteiger partial charge in [0.1, 0.15) is 0 Å². The molecule has 2 aliphatic heterocycles. The van der Waals surface area contributed by atoms with Crippen molar-refractivity contribution in [3.05, 3.63) is 71.4 Å². The maximum atomic E-state index is 13.6. The summed E-state index contributed by atoms with van der Waals surface area (Å²) in [6.07, 6.45) is 3.92. The number of hydrogen-bond acceptors (Lipinski definition) is 5. The molecule has 0 spiro atoms. The number of benzene rings is 2. The molecule has 5 rings (SSSR count). The van der Waals surface area contributed by atoms with E-state index in [1.165, 1.54) is 13.0 Å². The van der Waals surface area contributed by atoms with Crippen molar-refractivity contribution in [3.63, 3.8) is 0 Å². The highest BCUT2D eigenvalue weighted by molar-refractivity contribution is 6.02. The summed E-state index contributed by atoms with van der Waals surface area (Å²) >= 11 is 0. The fraction of sp³-hybridized carbons (Fsp3) is 0.429. The van der Waals surface area contributed by atoms with E-state index in [2.05, 4.69) is 27.4 Å². The average Bonchev–Trinajstić information content (AvgIpc) is 3.24.